The van der Waals surface area contributed by atoms with Gasteiger partial charge in [0.05, 0.1) is 34.4 Å². The van der Waals surface area contributed by atoms with Gasteiger partial charge in [0, 0.05) is 12.8 Å². The molecular formula is C84H136NO8+. The number of rotatable bonds is 66. The molecule has 0 spiro atoms. The van der Waals surface area contributed by atoms with Gasteiger partial charge in [0.15, 0.2) is 6.10 Å². The summed E-state index contributed by atoms with van der Waals surface area (Å²) in [5.74, 6) is -2.06. The Bertz CT molecular complexity index is 2190. The molecular weight excluding hydrogens is 1150 g/mol. The highest BCUT2D eigenvalue weighted by Gasteiger charge is 2.25. The van der Waals surface area contributed by atoms with Crippen molar-refractivity contribution in [3.8, 4) is 0 Å². The number of carboxylic acids is 1. The average molecular weight is 1290 g/mol. The van der Waals surface area contributed by atoms with E-state index in [1.165, 1.54) is 103 Å². The summed E-state index contributed by atoms with van der Waals surface area (Å²) in [6, 6.07) is 0. The maximum Gasteiger partial charge on any atom is 0.361 e. The fourth-order valence-electron chi connectivity index (χ4n) is 9.53. The molecule has 0 radical (unpaired) electrons. The Morgan fingerprint density at radius 3 is 0.914 bits per heavy atom. The van der Waals surface area contributed by atoms with E-state index in [9.17, 15) is 19.5 Å². The topological polar surface area (TPSA) is 108 Å². The van der Waals surface area contributed by atoms with Crippen LogP contribution in [0.1, 0.15) is 271 Å². The number of carbonyl (C=O) groups is 3. The van der Waals surface area contributed by atoms with Gasteiger partial charge in [-0.15, -0.1) is 0 Å². The number of unbranched alkanes of at least 4 members (excludes halogenated alkanes) is 21. The van der Waals surface area contributed by atoms with E-state index in [-0.39, 0.29) is 38.6 Å². The monoisotopic (exact) mass is 1290 g/mol. The molecule has 0 aromatic heterocycles. The van der Waals surface area contributed by atoms with Gasteiger partial charge in [-0.05, 0) is 141 Å². The van der Waals surface area contributed by atoms with Gasteiger partial charge in [0.2, 0.25) is 0 Å². The third-order valence-corrected chi connectivity index (χ3v) is 15.1. The SMILES string of the molecule is CC/C=C\C/C=C\C/C=C\C/C=C\C/C=C\C/C=C\C/C=C\C/C=C\C/C=C\C/C=C\C/C=C\C/C=C\CCCCCCC(=O)OC(COC(=O)CCCCCCCCCCCCCC/C=C\C/C=C\C/C=C\CCCCCCC)COC(OCC[N+](C)(C)C)C(=O)O. The molecule has 0 amide bonds. The number of hydrogen-bond acceptors (Lipinski definition) is 7. The number of allylic oxidation sites excluding steroid dienone is 30. The highest BCUT2D eigenvalue weighted by molar-refractivity contribution is 5.71. The van der Waals surface area contributed by atoms with Gasteiger partial charge in [-0.3, -0.25) is 9.59 Å². The second kappa shape index (κ2) is 72.2. The van der Waals surface area contributed by atoms with Crippen LogP contribution >= 0.6 is 0 Å². The summed E-state index contributed by atoms with van der Waals surface area (Å²) < 4.78 is 22.9. The van der Waals surface area contributed by atoms with Crippen LogP contribution in [-0.4, -0.2) is 87.4 Å². The van der Waals surface area contributed by atoms with Crippen LogP contribution in [-0.2, 0) is 33.3 Å². The van der Waals surface area contributed by atoms with Gasteiger partial charge in [-0.2, -0.15) is 0 Å². The van der Waals surface area contributed by atoms with Crippen LogP contribution in [0, 0.1) is 0 Å². The van der Waals surface area contributed by atoms with E-state index < -0.39 is 24.3 Å². The Hall–Kier alpha value is -5.61. The zero-order valence-electron chi connectivity index (χ0n) is 59.8. The van der Waals surface area contributed by atoms with Crippen molar-refractivity contribution in [1.82, 2.24) is 0 Å². The average Bonchev–Trinajstić information content (AvgIpc) is 3.38. The molecule has 2 atom stereocenters. The predicted octanol–water partition coefficient (Wildman–Crippen LogP) is 23.6. The van der Waals surface area contributed by atoms with E-state index >= 15 is 0 Å². The summed E-state index contributed by atoms with van der Waals surface area (Å²) in [5.41, 5.74) is 0. The van der Waals surface area contributed by atoms with Gasteiger partial charge in [0.25, 0.3) is 6.29 Å². The predicted molar refractivity (Wildman–Crippen MR) is 400 cm³/mol. The molecule has 9 heteroatoms. The Balaban J connectivity index is 4.23. The van der Waals surface area contributed by atoms with Crippen LogP contribution in [0.5, 0.6) is 0 Å². The standard InChI is InChI=1S/C84H135NO8/c1-6-8-10-12-14-16-18-20-22-24-26-28-30-32-34-35-36-37-38-39-40-41-42-43-44-45-46-47-49-51-53-55-57-59-61-63-65-67-69-71-73-75-82(87)93-80(79-92-84(83(88)89)90-77-76-85(3,4)5)78-91-81(86)74-72-70-68-66-64-62-60-58-56-54-52-50-48-33-31-29-27-25-23-21-19-17-15-13-11-9-7-2/h8,10,14,16,19-22,25-28,31-34,36-37,39-40,42-43,45-46,49,51,55,57,61,63,80,84H,6-7,9,11-13,15,17-18,23-24,29-30,35,38,41,44,47-48,50,52-54,56,58-60,62,64-79H2,1-5H3/p+1/b10-8-,16-14-,21-19-,22-20-,27-25-,28-26-,33-31-,34-32-,37-36-,40-39-,43-42-,46-45-,51-49-,57-55-,63-61-. The normalized spacial score (nSPS) is 13.8. The first-order chi connectivity index (χ1) is 45.6. The molecule has 0 aliphatic carbocycles. The van der Waals surface area contributed by atoms with Gasteiger partial charge in [0.1, 0.15) is 13.2 Å². The first-order valence-corrected chi connectivity index (χ1v) is 36.9. The highest BCUT2D eigenvalue weighted by Crippen LogP contribution is 2.15. The summed E-state index contributed by atoms with van der Waals surface area (Å²) in [7, 11) is 5.96. The Morgan fingerprint density at radius 1 is 0.333 bits per heavy atom. The van der Waals surface area contributed by atoms with Crippen LogP contribution in [0.3, 0.4) is 0 Å². The zero-order chi connectivity index (χ0) is 67.5. The summed E-state index contributed by atoms with van der Waals surface area (Å²) in [4.78, 5) is 37.7. The molecule has 0 heterocycles. The minimum atomic E-state index is -1.53. The molecule has 0 saturated heterocycles. The minimum absolute atomic E-state index is 0.173. The highest BCUT2D eigenvalue weighted by atomic mass is 16.7. The van der Waals surface area contributed by atoms with Crippen molar-refractivity contribution < 1.29 is 42.9 Å². The molecule has 524 valence electrons. The lowest BCUT2D eigenvalue weighted by atomic mass is 10.0. The van der Waals surface area contributed by atoms with Crippen molar-refractivity contribution >= 4 is 17.9 Å². The third-order valence-electron chi connectivity index (χ3n) is 15.1. The zero-order valence-corrected chi connectivity index (χ0v) is 59.8. The molecule has 93 heavy (non-hydrogen) atoms. The summed E-state index contributed by atoms with van der Waals surface area (Å²) in [6.45, 7) is 4.71. The molecule has 2 unspecified atom stereocenters. The molecule has 0 aliphatic heterocycles. The van der Waals surface area contributed by atoms with Crippen LogP contribution in [0.2, 0.25) is 0 Å². The van der Waals surface area contributed by atoms with Crippen molar-refractivity contribution in [2.45, 2.75) is 283 Å². The van der Waals surface area contributed by atoms with Crippen LogP contribution < -0.4 is 0 Å². The van der Waals surface area contributed by atoms with Crippen LogP contribution in [0.25, 0.3) is 0 Å². The maximum absolute atomic E-state index is 13.0. The molecule has 1 N–H and O–H groups in total. The lowest BCUT2D eigenvalue weighted by Crippen LogP contribution is -2.40. The molecule has 0 saturated carbocycles. The molecule has 0 aromatic carbocycles. The number of carbonyl (C=O) groups excluding carboxylic acids is 2. The first-order valence-electron chi connectivity index (χ1n) is 36.9. The lowest BCUT2D eigenvalue weighted by Gasteiger charge is -2.25. The fourth-order valence-corrected chi connectivity index (χ4v) is 9.53. The van der Waals surface area contributed by atoms with E-state index in [1.807, 2.05) is 21.1 Å². The van der Waals surface area contributed by atoms with Crippen molar-refractivity contribution in [1.29, 1.82) is 0 Å². The molecule has 0 fully saturated rings. The van der Waals surface area contributed by atoms with E-state index in [0.29, 0.717) is 17.4 Å². The first kappa shape index (κ1) is 87.4. The Morgan fingerprint density at radius 2 is 0.613 bits per heavy atom. The number of quaternary nitrogens is 1. The summed E-state index contributed by atoms with van der Waals surface area (Å²) in [6.07, 6.45) is 107. The second-order valence-electron chi connectivity index (χ2n) is 25.2. The van der Waals surface area contributed by atoms with Crippen molar-refractivity contribution in [2.75, 3.05) is 47.5 Å². The third kappa shape index (κ3) is 73.7. The van der Waals surface area contributed by atoms with E-state index in [0.717, 1.165) is 135 Å². The summed E-state index contributed by atoms with van der Waals surface area (Å²) >= 11 is 0. The van der Waals surface area contributed by atoms with Gasteiger partial charge < -0.3 is 28.5 Å². The van der Waals surface area contributed by atoms with Gasteiger partial charge >= 0.3 is 17.9 Å². The smallest absolute Gasteiger partial charge is 0.361 e. The lowest BCUT2D eigenvalue weighted by molar-refractivity contribution is -0.870. The molecule has 0 rings (SSSR count). The second-order valence-corrected chi connectivity index (χ2v) is 25.2. The molecule has 0 aliphatic rings. The largest absolute Gasteiger partial charge is 0.477 e. The number of nitrogens with zero attached hydrogens (tertiary/aromatic N) is 1. The van der Waals surface area contributed by atoms with Crippen molar-refractivity contribution in [2.24, 2.45) is 0 Å². The summed E-state index contributed by atoms with van der Waals surface area (Å²) in [5, 5.41) is 9.75. The molecule has 0 aromatic rings. The van der Waals surface area contributed by atoms with E-state index in [1.54, 1.807) is 0 Å². The number of esters is 2. The van der Waals surface area contributed by atoms with Gasteiger partial charge in [-0.1, -0.05) is 299 Å². The molecule has 9 nitrogen and oxygen atoms in total. The number of aliphatic carboxylic acids is 1. The Kier molecular flexibility index (Phi) is 67.9. The van der Waals surface area contributed by atoms with Crippen molar-refractivity contribution in [3.63, 3.8) is 0 Å². The number of carboxylic acid groups (broad SMARTS) is 1. The number of ether oxygens (including phenoxy) is 4. The quantitative estimate of drug-likeness (QED) is 0.0211. The Labute approximate surface area is 570 Å². The fraction of sp³-hybridized carbons (Fsp3) is 0.607. The van der Waals surface area contributed by atoms with E-state index in [4.69, 9.17) is 18.9 Å². The van der Waals surface area contributed by atoms with Gasteiger partial charge in [-0.25, -0.2) is 4.79 Å². The number of likely N-dealkylation sites (N-methyl/N-ethyl adjacent to an activating group) is 1. The van der Waals surface area contributed by atoms with E-state index in [2.05, 4.69) is 196 Å². The van der Waals surface area contributed by atoms with Crippen LogP contribution in [0.15, 0.2) is 182 Å². The maximum atomic E-state index is 13.0. The molecule has 0 bridgehead atoms. The number of hydrogen-bond donors (Lipinski definition) is 1. The van der Waals surface area contributed by atoms with Crippen LogP contribution in [0.4, 0.5) is 0 Å². The van der Waals surface area contributed by atoms with Crippen molar-refractivity contribution in [3.05, 3.63) is 182 Å². The minimum Gasteiger partial charge on any atom is -0.477 e.